The molecule has 1 saturated carbocycles. The molecule has 0 unspecified atom stereocenters. The minimum Gasteiger partial charge on any atom is -0.379 e. The quantitative estimate of drug-likeness (QED) is 0.615. The zero-order valence-electron chi connectivity index (χ0n) is 19.0. The highest BCUT2D eigenvalue weighted by Gasteiger charge is 2.44. The predicted molar refractivity (Wildman–Crippen MR) is 121 cm³/mol. The summed E-state index contributed by atoms with van der Waals surface area (Å²) in [4.78, 5) is 17.5. The summed E-state index contributed by atoms with van der Waals surface area (Å²) in [6.45, 7) is 4.64. The maximum atomic E-state index is 13.7. The third kappa shape index (κ3) is 4.57. The van der Waals surface area contributed by atoms with Gasteiger partial charge in [0.1, 0.15) is 12.2 Å². The topological polar surface area (TPSA) is 50.6 Å². The van der Waals surface area contributed by atoms with Crippen LogP contribution in [0.5, 0.6) is 0 Å². The molecule has 0 radical (unpaired) electrons. The van der Waals surface area contributed by atoms with Crippen LogP contribution in [0.4, 0.5) is 13.2 Å². The van der Waals surface area contributed by atoms with Crippen molar-refractivity contribution in [3.63, 3.8) is 0 Å². The van der Waals surface area contributed by atoms with Gasteiger partial charge in [0.05, 0.1) is 24.9 Å². The van der Waals surface area contributed by atoms with E-state index in [9.17, 15) is 18.0 Å². The summed E-state index contributed by atoms with van der Waals surface area (Å²) < 4.78 is 47.4. The molecule has 34 heavy (non-hydrogen) atoms. The molecule has 1 aliphatic carbocycles. The van der Waals surface area contributed by atoms with E-state index in [1.807, 2.05) is 25.1 Å². The minimum absolute atomic E-state index is 0.0221. The molecule has 0 N–H and O–H groups in total. The Bertz CT molecular complexity index is 1060. The SMILES string of the molecule is Cc1cccc([C@@H]2[C@H](N3CCOCC3)CCN2C(=O)Cn2nc(C3CC3)cc2C(F)(F)F)c1Cl. The van der Waals surface area contributed by atoms with E-state index in [0.717, 1.165) is 54.2 Å². The fraction of sp³-hybridized carbons (Fsp3) is 0.583. The van der Waals surface area contributed by atoms with Gasteiger partial charge in [0, 0.05) is 36.6 Å². The molecule has 5 rings (SSSR count). The monoisotopic (exact) mass is 496 g/mol. The standard InChI is InChI=1S/C24H28ClF3N4O2/c1-15-3-2-4-17(22(15)25)23-19(30-9-11-34-12-10-30)7-8-31(23)21(33)14-32-20(24(26,27)28)13-18(29-32)16-5-6-16/h2-4,13,16,19,23H,5-12,14H2,1H3/t19-,23-/m1/s1. The highest BCUT2D eigenvalue weighted by molar-refractivity contribution is 6.32. The number of ether oxygens (including phenoxy) is 1. The predicted octanol–water partition coefficient (Wildman–Crippen LogP) is 4.42. The number of aryl methyl sites for hydroxylation is 1. The van der Waals surface area contributed by atoms with Crippen LogP contribution in [0, 0.1) is 6.92 Å². The molecular formula is C24H28ClF3N4O2. The number of amides is 1. The van der Waals surface area contributed by atoms with Crippen molar-refractivity contribution in [1.29, 1.82) is 0 Å². The molecule has 2 aromatic rings. The molecule has 3 heterocycles. The number of hydrogen-bond acceptors (Lipinski definition) is 4. The number of benzene rings is 1. The molecule has 0 spiro atoms. The second kappa shape index (κ2) is 9.17. The third-order valence-electron chi connectivity index (χ3n) is 7.11. The Labute approximate surface area is 201 Å². The number of nitrogens with zero attached hydrogens (tertiary/aromatic N) is 4. The molecule has 1 amide bonds. The van der Waals surface area contributed by atoms with Crippen LogP contribution in [0.3, 0.4) is 0 Å². The summed E-state index contributed by atoms with van der Waals surface area (Å²) in [5.41, 5.74) is 1.29. The lowest BCUT2D eigenvalue weighted by atomic mass is 9.96. The first-order valence-electron chi connectivity index (χ1n) is 11.7. The van der Waals surface area contributed by atoms with Crippen molar-refractivity contribution in [2.75, 3.05) is 32.8 Å². The van der Waals surface area contributed by atoms with Gasteiger partial charge in [-0.05, 0) is 43.4 Å². The number of morpholine rings is 1. The van der Waals surface area contributed by atoms with Crippen molar-refractivity contribution in [3.05, 3.63) is 51.8 Å². The van der Waals surface area contributed by atoms with Gasteiger partial charge in [0.25, 0.3) is 0 Å². The molecule has 6 nitrogen and oxygen atoms in total. The van der Waals surface area contributed by atoms with Crippen LogP contribution in [0.25, 0.3) is 0 Å². The first-order chi connectivity index (χ1) is 16.2. The van der Waals surface area contributed by atoms with Crippen LogP contribution in [-0.2, 0) is 22.3 Å². The van der Waals surface area contributed by atoms with Gasteiger partial charge in [-0.15, -0.1) is 0 Å². The first kappa shape index (κ1) is 23.6. The molecule has 3 aliphatic rings. The van der Waals surface area contributed by atoms with Crippen LogP contribution in [0.1, 0.15) is 53.7 Å². The zero-order chi connectivity index (χ0) is 24.0. The van der Waals surface area contributed by atoms with Gasteiger partial charge in [-0.25, -0.2) is 0 Å². The molecule has 184 valence electrons. The molecule has 2 aliphatic heterocycles. The molecule has 0 bridgehead atoms. The van der Waals surface area contributed by atoms with Crippen LogP contribution < -0.4 is 0 Å². The maximum Gasteiger partial charge on any atom is 0.433 e. The second-order valence-corrected chi connectivity index (χ2v) is 9.78. The van der Waals surface area contributed by atoms with E-state index < -0.39 is 18.4 Å². The Balaban J connectivity index is 1.46. The van der Waals surface area contributed by atoms with Gasteiger partial charge in [0.2, 0.25) is 5.91 Å². The van der Waals surface area contributed by atoms with Crippen molar-refractivity contribution < 1.29 is 22.7 Å². The van der Waals surface area contributed by atoms with Crippen molar-refractivity contribution in [2.45, 2.75) is 56.9 Å². The summed E-state index contributed by atoms with van der Waals surface area (Å²) >= 11 is 6.69. The number of alkyl halides is 3. The Hall–Kier alpha value is -2.10. The molecule has 3 fully saturated rings. The number of aromatic nitrogens is 2. The third-order valence-corrected chi connectivity index (χ3v) is 7.63. The summed E-state index contributed by atoms with van der Waals surface area (Å²) in [7, 11) is 0. The Morgan fingerprint density at radius 2 is 1.91 bits per heavy atom. The van der Waals surface area contributed by atoms with Crippen LogP contribution in [0.15, 0.2) is 24.3 Å². The lowest BCUT2D eigenvalue weighted by Gasteiger charge is -2.38. The Morgan fingerprint density at radius 3 is 2.59 bits per heavy atom. The lowest BCUT2D eigenvalue weighted by molar-refractivity contribution is -0.146. The van der Waals surface area contributed by atoms with Crippen molar-refractivity contribution >= 4 is 17.5 Å². The summed E-state index contributed by atoms with van der Waals surface area (Å²) in [5, 5.41) is 4.78. The number of hydrogen-bond donors (Lipinski definition) is 0. The highest BCUT2D eigenvalue weighted by Crippen LogP contribution is 2.43. The molecule has 2 saturated heterocycles. The number of carbonyl (C=O) groups excluding carboxylic acids is 1. The summed E-state index contributed by atoms with van der Waals surface area (Å²) in [6.07, 6.45) is -2.17. The number of likely N-dealkylation sites (tertiary alicyclic amines) is 1. The number of halogens is 4. The summed E-state index contributed by atoms with van der Waals surface area (Å²) in [5.74, 6) is -0.317. The maximum absolute atomic E-state index is 13.7. The van der Waals surface area contributed by atoms with Gasteiger partial charge in [0.15, 0.2) is 0 Å². The normalized spacial score (nSPS) is 24.1. The second-order valence-electron chi connectivity index (χ2n) is 9.40. The van der Waals surface area contributed by atoms with Gasteiger partial charge in [-0.3, -0.25) is 14.4 Å². The van der Waals surface area contributed by atoms with E-state index in [1.165, 1.54) is 0 Å². The van der Waals surface area contributed by atoms with E-state index >= 15 is 0 Å². The van der Waals surface area contributed by atoms with Crippen LogP contribution in [0.2, 0.25) is 5.02 Å². The number of rotatable bonds is 5. The van der Waals surface area contributed by atoms with E-state index in [2.05, 4.69) is 10.00 Å². The molecule has 10 heteroatoms. The highest BCUT2D eigenvalue weighted by atomic mass is 35.5. The molecule has 1 aromatic heterocycles. The first-order valence-corrected chi connectivity index (χ1v) is 12.1. The molecular weight excluding hydrogens is 469 g/mol. The molecule has 1 aromatic carbocycles. The number of carbonyl (C=O) groups is 1. The Morgan fingerprint density at radius 1 is 1.18 bits per heavy atom. The van der Waals surface area contributed by atoms with Crippen LogP contribution >= 0.6 is 11.6 Å². The minimum atomic E-state index is -4.57. The summed E-state index contributed by atoms with van der Waals surface area (Å²) in [6, 6.07) is 6.51. The Kier molecular flexibility index (Phi) is 6.37. The smallest absolute Gasteiger partial charge is 0.379 e. The average molecular weight is 497 g/mol. The zero-order valence-corrected chi connectivity index (χ0v) is 19.8. The van der Waals surface area contributed by atoms with Gasteiger partial charge >= 0.3 is 6.18 Å². The largest absolute Gasteiger partial charge is 0.433 e. The van der Waals surface area contributed by atoms with Crippen molar-refractivity contribution in [3.8, 4) is 0 Å². The van der Waals surface area contributed by atoms with E-state index in [1.54, 1.807) is 4.90 Å². The van der Waals surface area contributed by atoms with E-state index in [-0.39, 0.29) is 23.9 Å². The van der Waals surface area contributed by atoms with Crippen LogP contribution in [-0.4, -0.2) is 64.4 Å². The molecule has 2 atom stereocenters. The lowest BCUT2D eigenvalue weighted by Crippen LogP contribution is -2.47. The average Bonchev–Trinajstić information content (AvgIpc) is 3.41. The van der Waals surface area contributed by atoms with Crippen molar-refractivity contribution in [2.24, 2.45) is 0 Å². The fourth-order valence-electron chi connectivity index (χ4n) is 5.20. The van der Waals surface area contributed by atoms with E-state index in [4.69, 9.17) is 16.3 Å². The fourth-order valence-corrected chi connectivity index (χ4v) is 5.44. The van der Waals surface area contributed by atoms with E-state index in [0.29, 0.717) is 30.5 Å². The van der Waals surface area contributed by atoms with Gasteiger partial charge in [-0.1, -0.05) is 29.8 Å². The van der Waals surface area contributed by atoms with Gasteiger partial charge in [-0.2, -0.15) is 18.3 Å². The van der Waals surface area contributed by atoms with Crippen molar-refractivity contribution in [1.82, 2.24) is 19.6 Å². The van der Waals surface area contributed by atoms with Gasteiger partial charge < -0.3 is 9.64 Å².